The van der Waals surface area contributed by atoms with Gasteiger partial charge < -0.3 is 20.9 Å². The molecule has 1 fully saturated rings. The van der Waals surface area contributed by atoms with E-state index in [1.807, 2.05) is 67.3 Å². The molecule has 7 nitrogen and oxygen atoms in total. The summed E-state index contributed by atoms with van der Waals surface area (Å²) in [6.45, 7) is 6.77. The molecule has 3 N–H and O–H groups in total. The van der Waals surface area contributed by atoms with Crippen LogP contribution < -0.4 is 20.9 Å². The largest absolute Gasteiger partial charge is 0.357 e. The molecule has 0 aromatic heterocycles. The lowest BCUT2D eigenvalue weighted by atomic mass is 10.2. The molecule has 1 heterocycles. The molecule has 2 amide bonds. The average molecular weight is 436 g/mol. The third-order valence-corrected chi connectivity index (χ3v) is 5.26. The van der Waals surface area contributed by atoms with Gasteiger partial charge in [0.25, 0.3) is 0 Å². The number of hydrogen-bond acceptors (Lipinski definition) is 3. The Balaban J connectivity index is 1.53. The Kier molecular flexibility index (Phi) is 8.66. The van der Waals surface area contributed by atoms with Crippen molar-refractivity contribution in [2.75, 3.05) is 23.3 Å². The summed E-state index contributed by atoms with van der Waals surface area (Å²) >= 11 is 0. The average Bonchev–Trinajstić information content (AvgIpc) is 3.23. The van der Waals surface area contributed by atoms with E-state index >= 15 is 0 Å². The van der Waals surface area contributed by atoms with Crippen LogP contribution in [0.1, 0.15) is 50.7 Å². The number of carbonyl (C=O) groups excluding carboxylic acids is 2. The molecule has 1 aliphatic rings. The number of benzene rings is 2. The smallest absolute Gasteiger partial charge is 0.227 e. The van der Waals surface area contributed by atoms with Gasteiger partial charge in [0.05, 0.1) is 6.54 Å². The Morgan fingerprint density at radius 3 is 2.34 bits per heavy atom. The van der Waals surface area contributed by atoms with Gasteiger partial charge in [0.15, 0.2) is 5.96 Å². The molecule has 0 radical (unpaired) electrons. The molecule has 0 atom stereocenters. The van der Waals surface area contributed by atoms with Crippen molar-refractivity contribution in [1.82, 2.24) is 10.6 Å². The van der Waals surface area contributed by atoms with Crippen LogP contribution in [0.25, 0.3) is 0 Å². The van der Waals surface area contributed by atoms with Crippen molar-refractivity contribution in [2.24, 2.45) is 4.99 Å². The molecule has 0 bridgehead atoms. The fourth-order valence-electron chi connectivity index (χ4n) is 3.56. The first-order valence-corrected chi connectivity index (χ1v) is 11.4. The molecule has 0 aliphatic carbocycles. The van der Waals surface area contributed by atoms with Gasteiger partial charge in [-0.05, 0) is 55.2 Å². The van der Waals surface area contributed by atoms with Gasteiger partial charge in [-0.3, -0.25) is 9.59 Å². The normalized spacial score (nSPS) is 13.9. The van der Waals surface area contributed by atoms with Crippen LogP contribution in [0, 0.1) is 0 Å². The van der Waals surface area contributed by atoms with Gasteiger partial charge in [-0.25, -0.2) is 4.99 Å². The summed E-state index contributed by atoms with van der Waals surface area (Å²) in [5.41, 5.74) is 3.96. The molecule has 0 unspecified atom stereocenters. The second-order valence-corrected chi connectivity index (χ2v) is 7.86. The summed E-state index contributed by atoms with van der Waals surface area (Å²) in [4.78, 5) is 30.1. The highest BCUT2D eigenvalue weighted by Gasteiger charge is 2.21. The van der Waals surface area contributed by atoms with Gasteiger partial charge in [-0.2, -0.15) is 0 Å². The Bertz CT molecular complexity index is 922. The van der Waals surface area contributed by atoms with Crippen molar-refractivity contribution < 1.29 is 9.59 Å². The Labute approximate surface area is 190 Å². The minimum atomic E-state index is 0.0417. The molecular weight excluding hydrogens is 402 g/mol. The number of rotatable bonds is 9. The molecule has 0 spiro atoms. The van der Waals surface area contributed by atoms with Crippen LogP contribution in [-0.2, 0) is 22.7 Å². The standard InChI is InChI=1S/C25H33N5O2/c1-3-6-23(31)29-21-12-8-19(9-13-21)17-27-25(26-4-2)28-18-20-10-14-22(15-11-20)30-16-5-7-24(30)32/h8-15H,3-7,16-18H2,1-2H3,(H,29,31)(H2,26,27,28). The van der Waals surface area contributed by atoms with Gasteiger partial charge >= 0.3 is 0 Å². The maximum absolute atomic E-state index is 11.9. The summed E-state index contributed by atoms with van der Waals surface area (Å²) in [6, 6.07) is 15.9. The van der Waals surface area contributed by atoms with Crippen LogP contribution in [0.2, 0.25) is 0 Å². The number of guanidine groups is 1. The molecule has 0 saturated carbocycles. The van der Waals surface area contributed by atoms with Crippen molar-refractivity contribution >= 4 is 29.1 Å². The highest BCUT2D eigenvalue weighted by molar-refractivity contribution is 5.95. The zero-order valence-corrected chi connectivity index (χ0v) is 19.0. The van der Waals surface area contributed by atoms with Crippen molar-refractivity contribution in [1.29, 1.82) is 0 Å². The quantitative estimate of drug-likeness (QED) is 0.413. The van der Waals surface area contributed by atoms with Crippen LogP contribution >= 0.6 is 0 Å². The van der Waals surface area contributed by atoms with E-state index < -0.39 is 0 Å². The van der Waals surface area contributed by atoms with Crippen molar-refractivity contribution in [3.05, 3.63) is 59.7 Å². The van der Waals surface area contributed by atoms with Gasteiger partial charge in [0.2, 0.25) is 11.8 Å². The van der Waals surface area contributed by atoms with Gasteiger partial charge in [0.1, 0.15) is 0 Å². The number of aliphatic imine (C=N–C) groups is 1. The van der Waals surface area contributed by atoms with E-state index in [1.165, 1.54) is 0 Å². The topological polar surface area (TPSA) is 85.8 Å². The zero-order chi connectivity index (χ0) is 22.8. The first-order chi connectivity index (χ1) is 15.6. The van der Waals surface area contributed by atoms with Gasteiger partial charge in [0, 0.05) is 43.9 Å². The van der Waals surface area contributed by atoms with Crippen LogP contribution in [0.5, 0.6) is 0 Å². The first-order valence-electron chi connectivity index (χ1n) is 11.4. The second kappa shape index (κ2) is 11.9. The lowest BCUT2D eigenvalue weighted by molar-refractivity contribution is -0.117. The molecule has 3 rings (SSSR count). The molecule has 32 heavy (non-hydrogen) atoms. The molecule has 1 aliphatic heterocycles. The van der Waals surface area contributed by atoms with Gasteiger partial charge in [-0.1, -0.05) is 31.2 Å². The predicted molar refractivity (Wildman–Crippen MR) is 130 cm³/mol. The molecule has 7 heteroatoms. The van der Waals surface area contributed by atoms with Crippen LogP contribution in [0.4, 0.5) is 11.4 Å². The minimum absolute atomic E-state index is 0.0417. The fraction of sp³-hybridized carbons (Fsp3) is 0.400. The van der Waals surface area contributed by atoms with Crippen molar-refractivity contribution in [3.63, 3.8) is 0 Å². The summed E-state index contributed by atoms with van der Waals surface area (Å²) < 4.78 is 0. The fourth-order valence-corrected chi connectivity index (χ4v) is 3.56. The lowest BCUT2D eigenvalue weighted by Gasteiger charge is -2.16. The third kappa shape index (κ3) is 6.83. The van der Waals surface area contributed by atoms with Crippen LogP contribution in [0.15, 0.2) is 53.5 Å². The summed E-state index contributed by atoms with van der Waals surface area (Å²) in [6.07, 6.45) is 2.94. The maximum atomic E-state index is 11.9. The predicted octanol–water partition coefficient (Wildman–Crippen LogP) is 3.81. The number of nitrogens with one attached hydrogen (secondary N) is 3. The lowest BCUT2D eigenvalue weighted by Crippen LogP contribution is -2.36. The number of nitrogens with zero attached hydrogens (tertiary/aromatic N) is 2. The van der Waals surface area contributed by atoms with E-state index in [1.54, 1.807) is 0 Å². The third-order valence-electron chi connectivity index (χ3n) is 5.26. The number of hydrogen-bond donors (Lipinski definition) is 3. The SMILES string of the molecule is CCCC(=O)Nc1ccc(CNC(=NCc2ccc(N3CCCC3=O)cc2)NCC)cc1. The van der Waals surface area contributed by atoms with E-state index in [2.05, 4.69) is 20.9 Å². The summed E-state index contributed by atoms with van der Waals surface area (Å²) in [5, 5.41) is 9.51. The number of amides is 2. The molecule has 1 saturated heterocycles. The Hall–Kier alpha value is -3.35. The summed E-state index contributed by atoms with van der Waals surface area (Å²) in [5.74, 6) is 0.984. The summed E-state index contributed by atoms with van der Waals surface area (Å²) in [7, 11) is 0. The van der Waals surface area contributed by atoms with E-state index in [-0.39, 0.29) is 11.8 Å². The molecular formula is C25H33N5O2. The Morgan fingerprint density at radius 2 is 1.72 bits per heavy atom. The highest BCUT2D eigenvalue weighted by Crippen LogP contribution is 2.21. The second-order valence-electron chi connectivity index (χ2n) is 7.86. The highest BCUT2D eigenvalue weighted by atomic mass is 16.2. The van der Waals surface area contributed by atoms with Crippen molar-refractivity contribution in [2.45, 2.75) is 52.6 Å². The maximum Gasteiger partial charge on any atom is 0.227 e. The Morgan fingerprint density at radius 1 is 1.00 bits per heavy atom. The zero-order valence-electron chi connectivity index (χ0n) is 19.0. The van der Waals surface area contributed by atoms with E-state index in [0.717, 1.165) is 54.4 Å². The van der Waals surface area contributed by atoms with Crippen LogP contribution in [0.3, 0.4) is 0 Å². The molecule has 2 aromatic carbocycles. The first kappa shape index (κ1) is 23.3. The van der Waals surface area contributed by atoms with E-state index in [0.29, 0.717) is 25.9 Å². The number of carbonyl (C=O) groups is 2. The minimum Gasteiger partial charge on any atom is -0.357 e. The molecule has 2 aromatic rings. The van der Waals surface area contributed by atoms with E-state index in [9.17, 15) is 9.59 Å². The van der Waals surface area contributed by atoms with E-state index in [4.69, 9.17) is 0 Å². The van der Waals surface area contributed by atoms with Gasteiger partial charge in [-0.15, -0.1) is 0 Å². The number of anilines is 2. The van der Waals surface area contributed by atoms with Crippen LogP contribution in [-0.4, -0.2) is 30.9 Å². The molecule has 170 valence electrons. The van der Waals surface area contributed by atoms with Crippen molar-refractivity contribution in [3.8, 4) is 0 Å². The monoisotopic (exact) mass is 435 g/mol.